The average molecular weight is 199 g/mol. The van der Waals surface area contributed by atoms with Gasteiger partial charge in [0.05, 0.1) is 6.61 Å². The first-order valence-corrected chi connectivity index (χ1v) is 3.89. The Morgan fingerprint density at radius 1 is 1.57 bits per heavy atom. The molecule has 0 saturated heterocycles. The van der Waals surface area contributed by atoms with Gasteiger partial charge in [-0.25, -0.2) is 4.79 Å². The van der Waals surface area contributed by atoms with E-state index in [-0.39, 0.29) is 6.61 Å². The molecule has 1 unspecified atom stereocenters. The molecule has 0 heterocycles. The van der Waals surface area contributed by atoms with E-state index in [2.05, 4.69) is 13.2 Å². The smallest absolute Gasteiger partial charge is 0.354 e. The van der Waals surface area contributed by atoms with Gasteiger partial charge in [-0.05, 0) is 6.08 Å². The normalized spacial score (nSPS) is 11.5. The fraction of sp³-hybridized carbons (Fsp3) is 0.333. The van der Waals surface area contributed by atoms with Crippen molar-refractivity contribution >= 4 is 11.9 Å². The van der Waals surface area contributed by atoms with E-state index in [1.807, 2.05) is 0 Å². The monoisotopic (exact) mass is 199 g/mol. The van der Waals surface area contributed by atoms with E-state index in [4.69, 9.17) is 9.84 Å². The minimum absolute atomic E-state index is 0.0612. The number of carboxylic acid groups (broad SMARTS) is 1. The largest absolute Gasteiger partial charge is 0.478 e. The van der Waals surface area contributed by atoms with Crippen LogP contribution in [0.1, 0.15) is 0 Å². The van der Waals surface area contributed by atoms with E-state index in [0.717, 1.165) is 11.0 Å². The third-order valence-corrected chi connectivity index (χ3v) is 1.46. The fourth-order valence-electron chi connectivity index (χ4n) is 0.767. The standard InChI is InChI=1S/C9H13NO4/c1-4-6-14-8(9(12)13)10(3)7(11)5-2/h4-5,8H,1-2,6H2,3H3,(H,12,13). The Bertz CT molecular complexity index is 249. The van der Waals surface area contributed by atoms with E-state index in [9.17, 15) is 9.59 Å². The molecular weight excluding hydrogens is 186 g/mol. The maximum Gasteiger partial charge on any atom is 0.354 e. The van der Waals surface area contributed by atoms with Crippen molar-refractivity contribution in [1.29, 1.82) is 0 Å². The Kier molecular flexibility index (Phi) is 5.24. The summed E-state index contributed by atoms with van der Waals surface area (Å²) in [5, 5.41) is 8.73. The van der Waals surface area contributed by atoms with Crippen LogP contribution in [0.4, 0.5) is 0 Å². The summed E-state index contributed by atoms with van der Waals surface area (Å²) in [6.07, 6.45) is 1.12. The topological polar surface area (TPSA) is 66.8 Å². The highest BCUT2D eigenvalue weighted by atomic mass is 16.5. The minimum Gasteiger partial charge on any atom is -0.478 e. The van der Waals surface area contributed by atoms with Crippen molar-refractivity contribution in [1.82, 2.24) is 4.90 Å². The Morgan fingerprint density at radius 3 is 2.50 bits per heavy atom. The summed E-state index contributed by atoms with van der Waals surface area (Å²) in [7, 11) is 1.33. The summed E-state index contributed by atoms with van der Waals surface area (Å²) in [6.45, 7) is 6.68. The highest BCUT2D eigenvalue weighted by molar-refractivity contribution is 5.90. The van der Waals surface area contributed by atoms with Gasteiger partial charge in [0.15, 0.2) is 0 Å². The van der Waals surface area contributed by atoms with Crippen molar-refractivity contribution in [3.05, 3.63) is 25.3 Å². The molecule has 0 aromatic rings. The molecule has 5 nitrogen and oxygen atoms in total. The number of carbonyl (C=O) groups is 2. The molecule has 0 rings (SSSR count). The van der Waals surface area contributed by atoms with E-state index in [0.29, 0.717) is 0 Å². The van der Waals surface area contributed by atoms with E-state index < -0.39 is 18.1 Å². The van der Waals surface area contributed by atoms with Crippen LogP contribution in [0.2, 0.25) is 0 Å². The number of aliphatic carboxylic acids is 1. The van der Waals surface area contributed by atoms with Crippen LogP contribution in [0.25, 0.3) is 0 Å². The zero-order valence-corrected chi connectivity index (χ0v) is 7.97. The quantitative estimate of drug-likeness (QED) is 0.378. The van der Waals surface area contributed by atoms with Crippen molar-refractivity contribution in [2.75, 3.05) is 13.7 Å². The second-order valence-corrected chi connectivity index (χ2v) is 2.47. The zero-order chi connectivity index (χ0) is 11.1. The molecule has 0 aromatic carbocycles. The first kappa shape index (κ1) is 12.4. The maximum atomic E-state index is 11.1. The first-order chi connectivity index (χ1) is 6.54. The number of nitrogens with zero attached hydrogens (tertiary/aromatic N) is 1. The summed E-state index contributed by atoms with van der Waals surface area (Å²) in [5.41, 5.74) is 0. The van der Waals surface area contributed by atoms with Crippen LogP contribution in [0.15, 0.2) is 25.3 Å². The Labute approximate surface area is 82.3 Å². The summed E-state index contributed by atoms with van der Waals surface area (Å²) < 4.78 is 4.88. The van der Waals surface area contributed by atoms with Gasteiger partial charge in [0, 0.05) is 7.05 Å². The third-order valence-electron chi connectivity index (χ3n) is 1.46. The maximum absolute atomic E-state index is 11.1. The van der Waals surface area contributed by atoms with Gasteiger partial charge < -0.3 is 14.7 Å². The van der Waals surface area contributed by atoms with Crippen LogP contribution in [0.5, 0.6) is 0 Å². The molecule has 0 fully saturated rings. The van der Waals surface area contributed by atoms with Gasteiger partial charge in [-0.3, -0.25) is 4.79 Å². The van der Waals surface area contributed by atoms with Crippen LogP contribution < -0.4 is 0 Å². The number of ether oxygens (including phenoxy) is 1. The summed E-state index contributed by atoms with van der Waals surface area (Å²) in [6, 6.07) is 0. The van der Waals surface area contributed by atoms with E-state index in [1.54, 1.807) is 0 Å². The lowest BCUT2D eigenvalue weighted by atomic mass is 10.4. The number of amides is 1. The van der Waals surface area contributed by atoms with Gasteiger partial charge in [-0.2, -0.15) is 0 Å². The van der Waals surface area contributed by atoms with Crippen LogP contribution >= 0.6 is 0 Å². The number of hydrogen-bond acceptors (Lipinski definition) is 3. The van der Waals surface area contributed by atoms with Crippen LogP contribution in [0, 0.1) is 0 Å². The second-order valence-electron chi connectivity index (χ2n) is 2.47. The molecule has 0 aliphatic rings. The molecule has 0 radical (unpaired) electrons. The molecule has 0 spiro atoms. The molecule has 0 aromatic heterocycles. The van der Waals surface area contributed by atoms with Crippen LogP contribution in [-0.2, 0) is 14.3 Å². The third kappa shape index (κ3) is 3.40. The SMILES string of the molecule is C=CCOC(C(=O)O)N(C)C(=O)C=C. The Morgan fingerprint density at radius 2 is 2.14 bits per heavy atom. The Hall–Kier alpha value is -1.62. The number of likely N-dealkylation sites (N-methyl/N-ethyl adjacent to an activating group) is 1. The Balaban J connectivity index is 4.47. The molecular formula is C9H13NO4. The molecule has 0 aliphatic carbocycles. The average Bonchev–Trinajstić information content (AvgIpc) is 2.16. The molecule has 0 saturated carbocycles. The molecule has 78 valence electrons. The lowest BCUT2D eigenvalue weighted by molar-refractivity contribution is -0.166. The van der Waals surface area contributed by atoms with Crippen molar-refractivity contribution in [3.63, 3.8) is 0 Å². The van der Waals surface area contributed by atoms with Gasteiger partial charge in [0.1, 0.15) is 0 Å². The lowest BCUT2D eigenvalue weighted by Gasteiger charge is -2.22. The van der Waals surface area contributed by atoms with E-state index >= 15 is 0 Å². The van der Waals surface area contributed by atoms with Crippen molar-refractivity contribution in [2.24, 2.45) is 0 Å². The highest BCUT2D eigenvalue weighted by Crippen LogP contribution is 2.00. The van der Waals surface area contributed by atoms with Gasteiger partial charge in [-0.1, -0.05) is 12.7 Å². The number of rotatable bonds is 6. The van der Waals surface area contributed by atoms with E-state index in [1.165, 1.54) is 13.1 Å². The highest BCUT2D eigenvalue weighted by Gasteiger charge is 2.25. The fourth-order valence-corrected chi connectivity index (χ4v) is 0.767. The van der Waals surface area contributed by atoms with Crippen LogP contribution in [-0.4, -0.2) is 41.8 Å². The summed E-state index contributed by atoms with van der Waals surface area (Å²) in [4.78, 5) is 22.7. The van der Waals surface area contributed by atoms with Gasteiger partial charge >= 0.3 is 5.97 Å². The van der Waals surface area contributed by atoms with Crippen molar-refractivity contribution < 1.29 is 19.4 Å². The molecule has 0 aliphatic heterocycles. The second kappa shape index (κ2) is 5.93. The predicted molar refractivity (Wildman–Crippen MR) is 50.5 cm³/mol. The van der Waals surface area contributed by atoms with Crippen molar-refractivity contribution in [2.45, 2.75) is 6.23 Å². The van der Waals surface area contributed by atoms with Crippen LogP contribution in [0.3, 0.4) is 0 Å². The molecule has 14 heavy (non-hydrogen) atoms. The molecule has 0 bridgehead atoms. The number of carboxylic acids is 1. The van der Waals surface area contributed by atoms with Crippen molar-refractivity contribution in [3.8, 4) is 0 Å². The number of hydrogen-bond donors (Lipinski definition) is 1. The summed E-state index contributed by atoms with van der Waals surface area (Å²) in [5.74, 6) is -1.74. The number of carbonyl (C=O) groups excluding carboxylic acids is 1. The molecule has 5 heteroatoms. The minimum atomic E-state index is -1.31. The molecule has 1 atom stereocenters. The first-order valence-electron chi connectivity index (χ1n) is 3.89. The summed E-state index contributed by atoms with van der Waals surface area (Å²) >= 11 is 0. The van der Waals surface area contributed by atoms with Gasteiger partial charge in [0.25, 0.3) is 0 Å². The van der Waals surface area contributed by atoms with Gasteiger partial charge in [0.2, 0.25) is 12.1 Å². The lowest BCUT2D eigenvalue weighted by Crippen LogP contribution is -2.43. The molecule has 1 N–H and O–H groups in total. The van der Waals surface area contributed by atoms with Gasteiger partial charge in [-0.15, -0.1) is 6.58 Å². The zero-order valence-electron chi connectivity index (χ0n) is 7.97. The molecule has 1 amide bonds. The predicted octanol–water partition coefficient (Wildman–Crippen LogP) is 0.244.